The van der Waals surface area contributed by atoms with Crippen LogP contribution in [0.5, 0.6) is 0 Å². The van der Waals surface area contributed by atoms with Crippen LogP contribution in [0.25, 0.3) is 11.2 Å². The maximum atomic E-state index is 16.5. The van der Waals surface area contributed by atoms with Crippen molar-refractivity contribution in [3.63, 3.8) is 0 Å². The van der Waals surface area contributed by atoms with E-state index in [0.717, 1.165) is 6.92 Å². The largest absolute Gasteiger partial charge is 0.464 e. The van der Waals surface area contributed by atoms with Gasteiger partial charge in [0.1, 0.15) is 23.4 Å². The van der Waals surface area contributed by atoms with E-state index in [1.165, 1.54) is 10.9 Å². The zero-order valence-electron chi connectivity index (χ0n) is 31.0. The van der Waals surface area contributed by atoms with E-state index in [1.807, 2.05) is 33.9 Å². The van der Waals surface area contributed by atoms with Crippen molar-refractivity contribution >= 4 is 60.8 Å². The van der Waals surface area contributed by atoms with Gasteiger partial charge in [0.15, 0.2) is 43.5 Å². The molecule has 0 radical (unpaired) electrons. The predicted molar refractivity (Wildman–Crippen MR) is 183 cm³/mol. The van der Waals surface area contributed by atoms with E-state index in [2.05, 4.69) is 15.0 Å². The smallest absolute Gasteiger partial charge is 0.425 e. The summed E-state index contributed by atoms with van der Waals surface area (Å²) in [4.78, 5) is 64.9. The van der Waals surface area contributed by atoms with Crippen molar-refractivity contribution in [2.45, 2.75) is 136 Å². The second-order valence-corrected chi connectivity index (χ2v) is 20.5. The van der Waals surface area contributed by atoms with Gasteiger partial charge in [0, 0.05) is 0 Å². The molecule has 50 heavy (non-hydrogen) atoms. The van der Waals surface area contributed by atoms with Crippen molar-refractivity contribution in [2.24, 2.45) is 0 Å². The number of carbonyl (C=O) groups excluding carboxylic acids is 4. The molecule has 18 heteroatoms. The van der Waals surface area contributed by atoms with Crippen molar-refractivity contribution < 1.29 is 51.7 Å². The summed E-state index contributed by atoms with van der Waals surface area (Å²) in [5.74, 6) is -1.88. The van der Waals surface area contributed by atoms with Gasteiger partial charge in [-0.1, -0.05) is 20.8 Å². The second kappa shape index (κ2) is 15.2. The summed E-state index contributed by atoms with van der Waals surface area (Å²) < 4.78 is 52.1. The molecule has 0 spiro atoms. The molecule has 1 aliphatic rings. The van der Waals surface area contributed by atoms with Gasteiger partial charge in [0.05, 0.1) is 19.5 Å². The number of esters is 1. The van der Waals surface area contributed by atoms with Crippen LogP contribution in [0, 0.1) is 0 Å². The number of anilines is 1. The minimum atomic E-state index is -2.68. The minimum absolute atomic E-state index is 0.0154. The first kappa shape index (κ1) is 41.2. The average molecular weight is 746 g/mol. The highest BCUT2D eigenvalue weighted by molar-refractivity contribution is 6.74. The van der Waals surface area contributed by atoms with Gasteiger partial charge in [0.2, 0.25) is 11.4 Å². The van der Waals surface area contributed by atoms with Gasteiger partial charge in [-0.2, -0.15) is 14.9 Å². The quantitative estimate of drug-likeness (QED) is 0.0871. The topological polar surface area (TPSA) is 171 Å². The lowest BCUT2D eigenvalue weighted by molar-refractivity contribution is -0.164. The lowest BCUT2D eigenvalue weighted by Crippen LogP contribution is -2.48. The van der Waals surface area contributed by atoms with Gasteiger partial charge in [-0.25, -0.2) is 23.8 Å². The number of aromatic nitrogens is 4. The van der Waals surface area contributed by atoms with Gasteiger partial charge in [-0.3, -0.25) is 9.36 Å². The molecule has 1 unspecified atom stereocenters. The molecule has 2 aromatic heterocycles. The first-order valence-corrected chi connectivity index (χ1v) is 19.5. The third-order valence-corrected chi connectivity index (χ3v) is 12.5. The van der Waals surface area contributed by atoms with Crippen LogP contribution >= 0.6 is 11.6 Å². The van der Waals surface area contributed by atoms with Gasteiger partial charge in [-0.05, 0) is 85.1 Å². The molecule has 2 amide bonds. The maximum absolute atomic E-state index is 16.5. The summed E-state index contributed by atoms with van der Waals surface area (Å²) in [5.41, 5.74) is -2.15. The van der Waals surface area contributed by atoms with Gasteiger partial charge >= 0.3 is 18.2 Å². The fourth-order valence-corrected chi connectivity index (χ4v) is 5.98. The zero-order chi connectivity index (χ0) is 38.1. The van der Waals surface area contributed by atoms with Crippen LogP contribution in [0.4, 0.5) is 19.8 Å². The zero-order valence-corrected chi connectivity index (χ0v) is 32.7. The van der Waals surface area contributed by atoms with Crippen LogP contribution in [0.15, 0.2) is 6.33 Å². The Balaban J connectivity index is 2.16. The number of Topliss-reactive ketones (excluding diaryl/α,β-unsaturated/α-hetero) is 1. The van der Waals surface area contributed by atoms with Crippen molar-refractivity contribution in [2.75, 3.05) is 18.1 Å². The second-order valence-electron chi connectivity index (χ2n) is 15.4. The molecule has 2 aromatic rings. The molecule has 3 heterocycles. The van der Waals surface area contributed by atoms with Crippen LogP contribution < -0.4 is 4.90 Å². The minimum Gasteiger partial charge on any atom is -0.464 e. The number of nitrogens with zero attached hydrogens (tertiary/aromatic N) is 5. The predicted octanol–water partition coefficient (Wildman–Crippen LogP) is 6.32. The summed E-state index contributed by atoms with van der Waals surface area (Å²) in [5, 5.41) is -0.728. The highest BCUT2D eigenvalue weighted by atomic mass is 35.5. The molecule has 5 atom stereocenters. The van der Waals surface area contributed by atoms with Crippen LogP contribution in [-0.2, 0) is 37.7 Å². The number of fused-ring (bicyclic) bond motifs is 1. The standard InChI is InChI=1S/C32H49ClFN5O10Si/c1-14-44-26(41)21(17(2)40)45-15-18-19(34)22(49-50(12,13)32(9,10)11)25(46-18)38-16-35-20-23(38)36-27(33)37-24(20)39(28(42)47-30(3,4)5)29(43)48-31(6,7)8/h16,18-19,21-22,25H,14-15H2,1-13H3/t18-,19-,21?,22-,25-/m1/s1. The number of imidazole rings is 1. The van der Waals surface area contributed by atoms with E-state index < -0.39 is 80.8 Å². The number of rotatable bonds is 10. The number of halogens is 2. The van der Waals surface area contributed by atoms with Crippen molar-refractivity contribution in [1.82, 2.24) is 19.5 Å². The van der Waals surface area contributed by atoms with Gasteiger partial charge in [0.25, 0.3) is 0 Å². The molecular weight excluding hydrogens is 697 g/mol. The molecule has 280 valence electrons. The summed E-state index contributed by atoms with van der Waals surface area (Å²) in [6, 6.07) is 0. The van der Waals surface area contributed by atoms with Crippen LogP contribution in [0.2, 0.25) is 23.4 Å². The Hall–Kier alpha value is -3.25. The molecule has 0 saturated carbocycles. The number of ether oxygens (including phenoxy) is 5. The summed E-state index contributed by atoms with van der Waals surface area (Å²) in [6.07, 6.45) is -8.19. The molecule has 15 nitrogen and oxygen atoms in total. The first-order valence-electron chi connectivity index (χ1n) is 16.2. The number of hydrogen-bond donors (Lipinski definition) is 0. The van der Waals surface area contributed by atoms with E-state index in [0.29, 0.717) is 4.90 Å². The number of carbonyl (C=O) groups is 4. The van der Waals surface area contributed by atoms with Crippen LogP contribution in [0.1, 0.15) is 82.4 Å². The maximum Gasteiger partial charge on any atom is 0.425 e. The average Bonchev–Trinajstić information content (AvgIpc) is 3.46. The van der Waals surface area contributed by atoms with E-state index in [9.17, 15) is 19.2 Å². The summed E-state index contributed by atoms with van der Waals surface area (Å²) in [7, 11) is -2.68. The van der Waals surface area contributed by atoms with Gasteiger partial charge in [-0.15, -0.1) is 0 Å². The number of imide groups is 1. The molecule has 3 rings (SSSR count). The number of alkyl halides is 1. The van der Waals surface area contributed by atoms with Crippen molar-refractivity contribution in [3.05, 3.63) is 11.6 Å². The van der Waals surface area contributed by atoms with E-state index in [-0.39, 0.29) is 33.9 Å². The number of ketones is 1. The summed E-state index contributed by atoms with van der Waals surface area (Å²) in [6.45, 7) is 21.8. The number of hydrogen-bond acceptors (Lipinski definition) is 13. The molecule has 1 saturated heterocycles. The van der Waals surface area contributed by atoms with Crippen LogP contribution in [0.3, 0.4) is 0 Å². The molecule has 1 fully saturated rings. The lowest BCUT2D eigenvalue weighted by Gasteiger charge is -2.39. The Kier molecular flexibility index (Phi) is 12.5. The third-order valence-electron chi connectivity index (χ3n) is 7.81. The highest BCUT2D eigenvalue weighted by Crippen LogP contribution is 2.43. The molecule has 0 bridgehead atoms. The van der Waals surface area contributed by atoms with Crippen molar-refractivity contribution in [1.29, 1.82) is 0 Å². The Bertz CT molecular complexity index is 1560. The van der Waals surface area contributed by atoms with Crippen LogP contribution in [-0.4, -0.2) is 101 Å². The Labute approximate surface area is 297 Å². The highest BCUT2D eigenvalue weighted by Gasteiger charge is 2.52. The van der Waals surface area contributed by atoms with E-state index >= 15 is 4.39 Å². The third kappa shape index (κ3) is 9.74. The molecule has 1 aliphatic heterocycles. The van der Waals surface area contributed by atoms with Gasteiger partial charge < -0.3 is 28.1 Å². The first-order chi connectivity index (χ1) is 22.8. The molecule has 0 N–H and O–H groups in total. The normalized spacial score (nSPS) is 20.8. The SMILES string of the molecule is CCOC(=O)C(OC[C@H]1O[C@@H](n2cnc3c(N(C(=O)OC(C)(C)C)C(=O)OC(C)(C)C)nc(Cl)nc32)[C@H](O[Si](C)(C)C(C)(C)C)[C@@H]1F)C(C)=O. The summed E-state index contributed by atoms with van der Waals surface area (Å²) >= 11 is 6.38. The Morgan fingerprint density at radius 2 is 1.58 bits per heavy atom. The molecule has 0 aliphatic carbocycles. The number of amides is 2. The fraction of sp³-hybridized carbons (Fsp3) is 0.719. The molecule has 0 aromatic carbocycles. The Morgan fingerprint density at radius 3 is 2.06 bits per heavy atom. The lowest BCUT2D eigenvalue weighted by atomic mass is 10.1. The van der Waals surface area contributed by atoms with E-state index in [1.54, 1.807) is 48.5 Å². The van der Waals surface area contributed by atoms with E-state index in [4.69, 9.17) is 39.7 Å². The molecular formula is C32H49ClFN5O10Si. The Morgan fingerprint density at radius 1 is 1.02 bits per heavy atom. The van der Waals surface area contributed by atoms with Crippen molar-refractivity contribution in [3.8, 4) is 0 Å². The monoisotopic (exact) mass is 745 g/mol. The fourth-order valence-electron chi connectivity index (χ4n) is 4.54.